The number of carbonyl (C=O) groups excluding carboxylic acids is 1. The van der Waals surface area contributed by atoms with Gasteiger partial charge < -0.3 is 15.8 Å². The van der Waals surface area contributed by atoms with Crippen LogP contribution in [0.4, 0.5) is 10.1 Å². The van der Waals surface area contributed by atoms with Crippen molar-refractivity contribution in [3.05, 3.63) is 29.1 Å². The lowest BCUT2D eigenvalue weighted by Gasteiger charge is -2.28. The van der Waals surface area contributed by atoms with Crippen LogP contribution in [0.25, 0.3) is 0 Å². The molecule has 0 spiro atoms. The summed E-state index contributed by atoms with van der Waals surface area (Å²) >= 11 is 0. The topological polar surface area (TPSA) is 64.4 Å². The molecule has 0 aromatic heterocycles. The van der Waals surface area contributed by atoms with E-state index in [-0.39, 0.29) is 17.5 Å². The fourth-order valence-electron chi connectivity index (χ4n) is 2.45. The molecule has 0 saturated carbocycles. The molecular formula is C15H21FN2O2. The fraction of sp³-hybridized carbons (Fsp3) is 0.533. The highest BCUT2D eigenvalue weighted by molar-refractivity contribution is 5.95. The molecule has 0 radical (unpaired) electrons. The number of ether oxygens (including phenoxy) is 1. The number of hydrogen-bond donors (Lipinski definition) is 2. The van der Waals surface area contributed by atoms with Gasteiger partial charge in [-0.2, -0.15) is 0 Å². The van der Waals surface area contributed by atoms with Crippen LogP contribution in [0.1, 0.15) is 35.7 Å². The van der Waals surface area contributed by atoms with Crippen molar-refractivity contribution in [3.8, 4) is 0 Å². The van der Waals surface area contributed by atoms with Crippen molar-refractivity contribution in [2.75, 3.05) is 18.9 Å². The molecule has 0 aliphatic carbocycles. The Bertz CT molecular complexity index is 476. The zero-order chi connectivity index (χ0) is 14.7. The maximum atomic E-state index is 13.6. The second-order valence-electron chi connectivity index (χ2n) is 5.38. The number of nitrogens with two attached hydrogens (primary N) is 1. The summed E-state index contributed by atoms with van der Waals surface area (Å²) in [5, 5.41) is 2.92. The lowest BCUT2D eigenvalue weighted by Crippen LogP contribution is -2.40. The van der Waals surface area contributed by atoms with E-state index in [1.165, 1.54) is 12.1 Å². The predicted molar refractivity (Wildman–Crippen MR) is 76.0 cm³/mol. The first kappa shape index (κ1) is 14.8. The molecule has 1 amide bonds. The molecule has 20 heavy (non-hydrogen) atoms. The number of halogens is 1. The Balaban J connectivity index is 2.04. The van der Waals surface area contributed by atoms with Gasteiger partial charge in [0.2, 0.25) is 0 Å². The Morgan fingerprint density at radius 1 is 1.45 bits per heavy atom. The van der Waals surface area contributed by atoms with Crippen molar-refractivity contribution in [2.45, 2.75) is 32.7 Å². The van der Waals surface area contributed by atoms with Gasteiger partial charge in [-0.05, 0) is 44.7 Å². The molecule has 1 aromatic rings. The molecule has 110 valence electrons. The normalized spacial score (nSPS) is 17.8. The third kappa shape index (κ3) is 3.28. The summed E-state index contributed by atoms with van der Waals surface area (Å²) in [4.78, 5) is 12.1. The molecule has 1 saturated heterocycles. The summed E-state index contributed by atoms with van der Waals surface area (Å²) < 4.78 is 18.9. The molecule has 1 fully saturated rings. The average molecular weight is 280 g/mol. The second kappa shape index (κ2) is 6.22. The van der Waals surface area contributed by atoms with Gasteiger partial charge in [0, 0.05) is 36.1 Å². The molecule has 5 heteroatoms. The van der Waals surface area contributed by atoms with Crippen molar-refractivity contribution in [1.82, 2.24) is 5.32 Å². The van der Waals surface area contributed by atoms with Crippen LogP contribution in [0.5, 0.6) is 0 Å². The summed E-state index contributed by atoms with van der Waals surface area (Å²) in [6.45, 7) is 5.03. The van der Waals surface area contributed by atoms with Gasteiger partial charge in [0.1, 0.15) is 5.82 Å². The third-order valence-electron chi connectivity index (χ3n) is 3.98. The maximum absolute atomic E-state index is 13.6. The van der Waals surface area contributed by atoms with E-state index in [4.69, 9.17) is 10.5 Å². The van der Waals surface area contributed by atoms with Crippen LogP contribution in [-0.2, 0) is 4.74 Å². The number of amides is 1. The van der Waals surface area contributed by atoms with Crippen LogP contribution in [0.2, 0.25) is 0 Å². The van der Waals surface area contributed by atoms with E-state index in [0.29, 0.717) is 17.2 Å². The zero-order valence-corrected chi connectivity index (χ0v) is 11.9. The SMILES string of the molecule is Cc1c(N)cc(C(=O)NC(C)C2CCOCC2)cc1F. The van der Waals surface area contributed by atoms with E-state index in [0.717, 1.165) is 26.1 Å². The van der Waals surface area contributed by atoms with Crippen LogP contribution in [0.15, 0.2) is 12.1 Å². The van der Waals surface area contributed by atoms with Gasteiger partial charge in [0.25, 0.3) is 5.91 Å². The number of benzene rings is 1. The van der Waals surface area contributed by atoms with Crippen LogP contribution in [-0.4, -0.2) is 25.2 Å². The zero-order valence-electron chi connectivity index (χ0n) is 11.9. The van der Waals surface area contributed by atoms with E-state index < -0.39 is 5.82 Å². The number of nitrogens with one attached hydrogen (secondary N) is 1. The van der Waals surface area contributed by atoms with E-state index >= 15 is 0 Å². The quantitative estimate of drug-likeness (QED) is 0.835. The molecule has 1 aromatic carbocycles. The molecule has 1 heterocycles. The summed E-state index contributed by atoms with van der Waals surface area (Å²) in [5.74, 6) is -0.330. The Hall–Kier alpha value is -1.62. The van der Waals surface area contributed by atoms with E-state index in [1.54, 1.807) is 6.92 Å². The monoisotopic (exact) mass is 280 g/mol. The molecule has 0 bridgehead atoms. The summed E-state index contributed by atoms with van der Waals surface area (Å²) in [7, 11) is 0. The largest absolute Gasteiger partial charge is 0.398 e. The molecule has 3 N–H and O–H groups in total. The maximum Gasteiger partial charge on any atom is 0.251 e. The first-order valence-electron chi connectivity index (χ1n) is 6.93. The average Bonchev–Trinajstić information content (AvgIpc) is 2.45. The van der Waals surface area contributed by atoms with Gasteiger partial charge in [-0.25, -0.2) is 4.39 Å². The highest BCUT2D eigenvalue weighted by Crippen LogP contribution is 2.20. The molecular weight excluding hydrogens is 259 g/mol. The van der Waals surface area contributed by atoms with Crippen LogP contribution < -0.4 is 11.1 Å². The number of hydrogen-bond acceptors (Lipinski definition) is 3. The molecule has 1 atom stereocenters. The summed E-state index contributed by atoms with van der Waals surface area (Å²) in [6, 6.07) is 2.79. The standard InChI is InChI=1S/C15H21FN2O2/c1-9-13(16)7-12(8-14(9)17)15(19)18-10(2)11-3-5-20-6-4-11/h7-8,10-11H,3-6,17H2,1-2H3,(H,18,19). The van der Waals surface area contributed by atoms with Gasteiger partial charge in [-0.15, -0.1) is 0 Å². The number of nitrogen functional groups attached to an aromatic ring is 1. The number of carbonyl (C=O) groups is 1. The van der Waals surface area contributed by atoms with Crippen molar-refractivity contribution in [2.24, 2.45) is 5.92 Å². The van der Waals surface area contributed by atoms with Crippen LogP contribution in [0, 0.1) is 18.7 Å². The Morgan fingerprint density at radius 3 is 2.70 bits per heavy atom. The second-order valence-corrected chi connectivity index (χ2v) is 5.38. The molecule has 1 unspecified atom stereocenters. The minimum absolute atomic E-state index is 0.0389. The minimum Gasteiger partial charge on any atom is -0.398 e. The first-order valence-corrected chi connectivity index (χ1v) is 6.93. The van der Waals surface area contributed by atoms with Crippen LogP contribution in [0.3, 0.4) is 0 Å². The molecule has 1 aliphatic rings. The Kier molecular flexibility index (Phi) is 4.60. The van der Waals surface area contributed by atoms with E-state index in [2.05, 4.69) is 5.32 Å². The smallest absolute Gasteiger partial charge is 0.251 e. The Morgan fingerprint density at radius 2 is 2.10 bits per heavy atom. The lowest BCUT2D eigenvalue weighted by atomic mass is 9.92. The predicted octanol–water partition coefficient (Wildman–Crippen LogP) is 2.26. The third-order valence-corrected chi connectivity index (χ3v) is 3.98. The van der Waals surface area contributed by atoms with Crippen molar-refractivity contribution in [3.63, 3.8) is 0 Å². The number of rotatable bonds is 3. The number of anilines is 1. The minimum atomic E-state index is -0.450. The Labute approximate surface area is 118 Å². The lowest BCUT2D eigenvalue weighted by molar-refractivity contribution is 0.0538. The highest BCUT2D eigenvalue weighted by atomic mass is 19.1. The van der Waals surface area contributed by atoms with Gasteiger partial charge >= 0.3 is 0 Å². The van der Waals surface area contributed by atoms with E-state index in [1.807, 2.05) is 6.92 Å². The first-order chi connectivity index (χ1) is 9.49. The van der Waals surface area contributed by atoms with Gasteiger partial charge in [-0.3, -0.25) is 4.79 Å². The van der Waals surface area contributed by atoms with E-state index in [9.17, 15) is 9.18 Å². The summed E-state index contributed by atoms with van der Waals surface area (Å²) in [5.41, 5.74) is 6.64. The van der Waals surface area contributed by atoms with Crippen molar-refractivity contribution < 1.29 is 13.9 Å². The van der Waals surface area contributed by atoms with Crippen LogP contribution >= 0.6 is 0 Å². The molecule has 1 aliphatic heterocycles. The van der Waals surface area contributed by atoms with Gasteiger partial charge in [0.05, 0.1) is 0 Å². The van der Waals surface area contributed by atoms with Gasteiger partial charge in [0.15, 0.2) is 0 Å². The van der Waals surface area contributed by atoms with Gasteiger partial charge in [-0.1, -0.05) is 0 Å². The fourth-order valence-corrected chi connectivity index (χ4v) is 2.45. The van der Waals surface area contributed by atoms with Crippen molar-refractivity contribution >= 4 is 11.6 Å². The molecule has 4 nitrogen and oxygen atoms in total. The highest BCUT2D eigenvalue weighted by Gasteiger charge is 2.22. The summed E-state index contributed by atoms with van der Waals surface area (Å²) in [6.07, 6.45) is 1.87. The molecule has 2 rings (SSSR count). The van der Waals surface area contributed by atoms with Crippen molar-refractivity contribution in [1.29, 1.82) is 0 Å².